The summed E-state index contributed by atoms with van der Waals surface area (Å²) in [6.45, 7) is 0.0277. The van der Waals surface area contributed by atoms with E-state index in [1.807, 2.05) is 0 Å². The van der Waals surface area contributed by atoms with Crippen molar-refractivity contribution in [2.75, 3.05) is 17.6 Å². The zero-order chi connectivity index (χ0) is 11.6. The second-order valence-corrected chi connectivity index (χ2v) is 5.08. The average molecular weight is 270 g/mol. The van der Waals surface area contributed by atoms with Crippen LogP contribution in [-0.4, -0.2) is 26.7 Å². The van der Waals surface area contributed by atoms with E-state index in [4.69, 9.17) is 5.73 Å². The first kappa shape index (κ1) is 15.1. The first-order valence-corrected chi connectivity index (χ1v) is 5.99. The number of sulfonamides is 1. The van der Waals surface area contributed by atoms with Crippen molar-refractivity contribution in [3.63, 3.8) is 0 Å². The highest BCUT2D eigenvalue weighted by molar-refractivity contribution is 7.92. The van der Waals surface area contributed by atoms with E-state index in [0.29, 0.717) is 5.56 Å². The maximum Gasteiger partial charge on any atom is 0.233 e. The molecule has 0 saturated heterocycles. The Morgan fingerprint density at radius 2 is 2.12 bits per heavy atom. The van der Waals surface area contributed by atoms with Crippen molar-refractivity contribution in [3.05, 3.63) is 23.6 Å². The number of hydrogen-bond acceptors (Lipinski definition) is 4. The van der Waals surface area contributed by atoms with E-state index < -0.39 is 15.8 Å². The quantitative estimate of drug-likeness (QED) is 0.867. The number of rotatable bonds is 3. The molecule has 0 amide bonds. The molecule has 16 heavy (non-hydrogen) atoms. The molecule has 8 heteroatoms. The van der Waals surface area contributed by atoms with Gasteiger partial charge >= 0.3 is 0 Å². The monoisotopic (exact) mass is 269 g/mol. The van der Waals surface area contributed by atoms with Gasteiger partial charge in [-0.05, 0) is 6.07 Å². The van der Waals surface area contributed by atoms with Gasteiger partial charge in [0.2, 0.25) is 10.0 Å². The fraction of sp³-hybridized carbons (Fsp3) is 0.375. The molecule has 0 spiro atoms. The minimum atomic E-state index is -3.41. The number of aromatic nitrogens is 1. The third-order valence-electron chi connectivity index (χ3n) is 1.93. The number of nitrogens with two attached hydrogens (primary N) is 1. The van der Waals surface area contributed by atoms with Crippen LogP contribution >= 0.6 is 12.4 Å². The van der Waals surface area contributed by atoms with Crippen molar-refractivity contribution in [1.29, 1.82) is 0 Å². The highest BCUT2D eigenvalue weighted by Crippen LogP contribution is 2.18. The number of nitrogens with zero attached hydrogens (tertiary/aromatic N) is 2. The molecule has 0 atom stereocenters. The zero-order valence-corrected chi connectivity index (χ0v) is 10.5. The Morgan fingerprint density at radius 1 is 1.56 bits per heavy atom. The van der Waals surface area contributed by atoms with E-state index >= 15 is 0 Å². The van der Waals surface area contributed by atoms with Gasteiger partial charge in [0.1, 0.15) is 11.6 Å². The summed E-state index contributed by atoms with van der Waals surface area (Å²) in [7, 11) is -2.07. The van der Waals surface area contributed by atoms with Crippen molar-refractivity contribution in [3.8, 4) is 0 Å². The van der Waals surface area contributed by atoms with Gasteiger partial charge in [-0.15, -0.1) is 12.4 Å². The van der Waals surface area contributed by atoms with Crippen LogP contribution in [-0.2, 0) is 16.6 Å². The van der Waals surface area contributed by atoms with E-state index in [2.05, 4.69) is 4.98 Å². The number of hydrogen-bond donors (Lipinski definition) is 1. The molecule has 1 heterocycles. The largest absolute Gasteiger partial charge is 0.326 e. The summed E-state index contributed by atoms with van der Waals surface area (Å²) in [6.07, 6.45) is 1.99. The predicted octanol–water partition coefficient (Wildman–Crippen LogP) is 0.497. The lowest BCUT2D eigenvalue weighted by atomic mass is 10.2. The third-order valence-corrected chi connectivity index (χ3v) is 3.09. The highest BCUT2D eigenvalue weighted by atomic mass is 35.5. The molecule has 0 aliphatic carbocycles. The second kappa shape index (κ2) is 5.42. The van der Waals surface area contributed by atoms with Crippen molar-refractivity contribution >= 4 is 28.2 Å². The van der Waals surface area contributed by atoms with Gasteiger partial charge in [0.25, 0.3) is 0 Å². The molecule has 0 unspecified atom stereocenters. The molecule has 1 aromatic rings. The molecule has 0 bridgehead atoms. The van der Waals surface area contributed by atoms with Gasteiger partial charge in [-0.2, -0.15) is 0 Å². The summed E-state index contributed by atoms with van der Waals surface area (Å²) >= 11 is 0. The van der Waals surface area contributed by atoms with Gasteiger partial charge in [-0.3, -0.25) is 4.31 Å². The Morgan fingerprint density at radius 3 is 2.56 bits per heavy atom. The standard InChI is InChI=1S/C8H12FN3O2S.ClH/c1-12(15(2,13)14)8-6(4-10)3-7(9)5-11-8;/h3,5H,4,10H2,1-2H3;1H. The maximum atomic E-state index is 12.8. The molecule has 1 rings (SSSR count). The van der Waals surface area contributed by atoms with Gasteiger partial charge in [-0.25, -0.2) is 17.8 Å². The smallest absolute Gasteiger partial charge is 0.233 e. The zero-order valence-electron chi connectivity index (χ0n) is 8.84. The third kappa shape index (κ3) is 3.29. The fourth-order valence-electron chi connectivity index (χ4n) is 1.06. The Labute approximate surface area is 99.9 Å². The summed E-state index contributed by atoms with van der Waals surface area (Å²) in [5.41, 5.74) is 5.72. The molecule has 0 aliphatic rings. The molecule has 92 valence electrons. The number of pyridine rings is 1. The number of halogens is 2. The normalized spacial score (nSPS) is 10.8. The van der Waals surface area contributed by atoms with Crippen molar-refractivity contribution in [1.82, 2.24) is 4.98 Å². The Balaban J connectivity index is 0.00000225. The van der Waals surface area contributed by atoms with Crippen LogP contribution in [0.25, 0.3) is 0 Å². The molecule has 0 aliphatic heterocycles. The van der Waals surface area contributed by atoms with Crippen LogP contribution < -0.4 is 10.0 Å². The molecular formula is C8H13ClFN3O2S. The summed E-state index contributed by atoms with van der Waals surface area (Å²) in [4.78, 5) is 3.71. The average Bonchev–Trinajstić information content (AvgIpc) is 2.15. The van der Waals surface area contributed by atoms with Gasteiger partial charge < -0.3 is 5.73 Å². The predicted molar refractivity (Wildman–Crippen MR) is 62.6 cm³/mol. The molecule has 0 aromatic carbocycles. The summed E-state index contributed by atoms with van der Waals surface area (Å²) in [5, 5.41) is 0. The molecule has 0 saturated carbocycles. The van der Waals surface area contributed by atoms with E-state index in [0.717, 1.165) is 16.8 Å². The van der Waals surface area contributed by atoms with Crippen molar-refractivity contribution in [2.45, 2.75) is 6.54 Å². The summed E-state index contributed by atoms with van der Waals surface area (Å²) in [5.74, 6) is -0.387. The van der Waals surface area contributed by atoms with Crippen LogP contribution in [0.2, 0.25) is 0 Å². The maximum absolute atomic E-state index is 12.8. The molecule has 0 radical (unpaired) electrons. The van der Waals surface area contributed by atoms with Gasteiger partial charge in [0.05, 0.1) is 12.5 Å². The Hall–Kier alpha value is -0.920. The second-order valence-electron chi connectivity index (χ2n) is 3.07. The lowest BCUT2D eigenvalue weighted by molar-refractivity contribution is 0.598. The Bertz CT molecular complexity index is 466. The van der Waals surface area contributed by atoms with Gasteiger partial charge in [0.15, 0.2) is 0 Å². The van der Waals surface area contributed by atoms with Gasteiger partial charge in [-0.1, -0.05) is 0 Å². The van der Waals surface area contributed by atoms with Crippen LogP contribution in [0.4, 0.5) is 10.2 Å². The van der Waals surface area contributed by atoms with Crippen LogP contribution in [0.3, 0.4) is 0 Å². The first-order valence-electron chi connectivity index (χ1n) is 4.14. The van der Waals surface area contributed by atoms with Crippen LogP contribution in [0.15, 0.2) is 12.3 Å². The summed E-state index contributed by atoms with van der Waals surface area (Å²) < 4.78 is 36.2. The highest BCUT2D eigenvalue weighted by Gasteiger charge is 2.16. The Kier molecular flexibility index (Phi) is 5.11. The molecule has 5 nitrogen and oxygen atoms in total. The van der Waals surface area contributed by atoms with Crippen LogP contribution in [0.1, 0.15) is 5.56 Å². The minimum Gasteiger partial charge on any atom is -0.326 e. The lowest BCUT2D eigenvalue weighted by Gasteiger charge is -2.18. The number of anilines is 1. The molecule has 2 N–H and O–H groups in total. The van der Waals surface area contributed by atoms with Crippen LogP contribution in [0, 0.1) is 5.82 Å². The van der Waals surface area contributed by atoms with E-state index in [9.17, 15) is 12.8 Å². The first-order chi connectivity index (χ1) is 6.86. The van der Waals surface area contributed by atoms with E-state index in [1.165, 1.54) is 13.1 Å². The van der Waals surface area contributed by atoms with Crippen molar-refractivity contribution < 1.29 is 12.8 Å². The van der Waals surface area contributed by atoms with Crippen LogP contribution in [0.5, 0.6) is 0 Å². The molecule has 1 aromatic heterocycles. The van der Waals surface area contributed by atoms with E-state index in [1.54, 1.807) is 0 Å². The molecule has 0 fully saturated rings. The lowest BCUT2D eigenvalue weighted by Crippen LogP contribution is -2.27. The topological polar surface area (TPSA) is 76.3 Å². The fourth-order valence-corrected chi connectivity index (χ4v) is 1.54. The van der Waals surface area contributed by atoms with E-state index in [-0.39, 0.29) is 24.8 Å². The summed E-state index contributed by atoms with van der Waals surface area (Å²) in [6, 6.07) is 1.17. The van der Waals surface area contributed by atoms with Gasteiger partial charge in [0, 0.05) is 19.2 Å². The molecular weight excluding hydrogens is 257 g/mol. The van der Waals surface area contributed by atoms with Crippen molar-refractivity contribution in [2.24, 2.45) is 5.73 Å². The SMILES string of the molecule is CN(c1ncc(F)cc1CN)S(C)(=O)=O.Cl. The minimum absolute atomic E-state index is 0.